The monoisotopic (exact) mass is 324 g/mol. The maximum absolute atomic E-state index is 13.2. The van der Waals surface area contributed by atoms with Crippen LogP contribution >= 0.6 is 0 Å². The summed E-state index contributed by atoms with van der Waals surface area (Å²) in [6.45, 7) is -1.46. The van der Waals surface area contributed by atoms with Crippen LogP contribution in [0.25, 0.3) is 0 Å². The fraction of sp³-hybridized carbons (Fsp3) is 0.462. The molecule has 0 heterocycles. The smallest absolute Gasteiger partial charge is 0.422 e. The zero-order chi connectivity index (χ0) is 16.8. The van der Waals surface area contributed by atoms with Gasteiger partial charge in [-0.15, -0.1) is 0 Å². The minimum Gasteiger partial charge on any atom is -0.482 e. The maximum atomic E-state index is 13.2. The molecule has 1 aromatic rings. The Labute approximate surface area is 124 Å². The highest BCUT2D eigenvalue weighted by Crippen LogP contribution is 2.27. The van der Waals surface area contributed by atoms with Crippen LogP contribution in [0, 0.1) is 5.82 Å². The van der Waals surface area contributed by atoms with Gasteiger partial charge >= 0.3 is 6.18 Å². The van der Waals surface area contributed by atoms with E-state index in [9.17, 15) is 22.4 Å². The fourth-order valence-electron chi connectivity index (χ4n) is 1.56. The predicted octanol–water partition coefficient (Wildman–Crippen LogP) is 2.07. The van der Waals surface area contributed by atoms with E-state index >= 15 is 0 Å². The van der Waals surface area contributed by atoms with Gasteiger partial charge in [-0.25, -0.2) is 4.39 Å². The average molecular weight is 324 g/mol. The number of benzene rings is 1. The molecule has 0 saturated heterocycles. The minimum absolute atomic E-state index is 0.0878. The van der Waals surface area contributed by atoms with Gasteiger partial charge in [0.2, 0.25) is 5.91 Å². The first-order valence-electron chi connectivity index (χ1n) is 6.27. The minimum atomic E-state index is -4.55. The molecule has 0 saturated carbocycles. The van der Waals surface area contributed by atoms with E-state index in [1.165, 1.54) is 7.11 Å². The molecule has 1 amide bonds. The molecule has 0 aliphatic heterocycles. The Kier molecular flexibility index (Phi) is 6.57. The van der Waals surface area contributed by atoms with Crippen LogP contribution in [0.15, 0.2) is 18.2 Å². The van der Waals surface area contributed by atoms with E-state index in [1.54, 1.807) is 0 Å². The number of rotatable bonds is 7. The van der Waals surface area contributed by atoms with E-state index in [4.69, 9.17) is 10.5 Å². The van der Waals surface area contributed by atoms with Crippen LogP contribution < -0.4 is 15.8 Å². The van der Waals surface area contributed by atoms with Crippen molar-refractivity contribution in [3.8, 4) is 5.75 Å². The van der Waals surface area contributed by atoms with Crippen LogP contribution in [0.1, 0.15) is 6.42 Å². The molecule has 0 radical (unpaired) electrons. The lowest BCUT2D eigenvalue weighted by molar-refractivity contribution is -0.153. The summed E-state index contributed by atoms with van der Waals surface area (Å²) in [4.78, 5) is 11.8. The van der Waals surface area contributed by atoms with E-state index in [2.05, 4.69) is 10.1 Å². The van der Waals surface area contributed by atoms with Crippen molar-refractivity contribution < 1.29 is 31.8 Å². The summed E-state index contributed by atoms with van der Waals surface area (Å²) in [5.41, 5.74) is 5.17. The number of halogens is 4. The van der Waals surface area contributed by atoms with Crippen molar-refractivity contribution in [2.24, 2.45) is 5.73 Å². The van der Waals surface area contributed by atoms with Crippen LogP contribution in [0.5, 0.6) is 5.75 Å². The number of methoxy groups -OCH3 is 1. The van der Waals surface area contributed by atoms with Crippen molar-refractivity contribution in [3.63, 3.8) is 0 Å². The third-order valence-corrected chi connectivity index (χ3v) is 2.62. The van der Waals surface area contributed by atoms with E-state index < -0.39 is 30.6 Å². The average Bonchev–Trinajstić information content (AvgIpc) is 2.42. The van der Waals surface area contributed by atoms with Gasteiger partial charge in [0.25, 0.3) is 0 Å². The second-order valence-corrected chi connectivity index (χ2v) is 4.39. The molecule has 0 spiro atoms. The van der Waals surface area contributed by atoms with E-state index in [-0.39, 0.29) is 24.4 Å². The molecule has 22 heavy (non-hydrogen) atoms. The van der Waals surface area contributed by atoms with Crippen molar-refractivity contribution in [1.29, 1.82) is 0 Å². The summed E-state index contributed by atoms with van der Waals surface area (Å²) in [5.74, 6) is -1.59. The topological polar surface area (TPSA) is 73.6 Å². The molecule has 0 aromatic heterocycles. The molecule has 1 atom stereocenters. The summed E-state index contributed by atoms with van der Waals surface area (Å²) < 4.78 is 59.1. The number of carbonyl (C=O) groups is 1. The van der Waals surface area contributed by atoms with Gasteiger partial charge in [0.1, 0.15) is 11.6 Å². The number of nitrogens with two attached hydrogens (primary N) is 1. The van der Waals surface area contributed by atoms with Crippen molar-refractivity contribution in [3.05, 3.63) is 24.0 Å². The first kappa shape index (κ1) is 18.2. The van der Waals surface area contributed by atoms with Crippen LogP contribution in [-0.4, -0.2) is 38.4 Å². The van der Waals surface area contributed by atoms with E-state index in [0.29, 0.717) is 0 Å². The van der Waals surface area contributed by atoms with Gasteiger partial charge in [-0.3, -0.25) is 4.79 Å². The number of carbonyl (C=O) groups excluding carboxylic acids is 1. The Morgan fingerprint density at radius 2 is 2.09 bits per heavy atom. The molecule has 0 bridgehead atoms. The molecule has 3 N–H and O–H groups in total. The van der Waals surface area contributed by atoms with Crippen LogP contribution in [0.2, 0.25) is 0 Å². The van der Waals surface area contributed by atoms with Crippen LogP contribution in [-0.2, 0) is 9.53 Å². The molecule has 1 aromatic carbocycles. The molecule has 124 valence electrons. The van der Waals surface area contributed by atoms with Gasteiger partial charge < -0.3 is 20.5 Å². The highest BCUT2D eigenvalue weighted by atomic mass is 19.4. The Morgan fingerprint density at radius 3 is 2.64 bits per heavy atom. The van der Waals surface area contributed by atoms with Gasteiger partial charge in [-0.05, 0) is 12.1 Å². The van der Waals surface area contributed by atoms with Crippen molar-refractivity contribution in [2.75, 3.05) is 25.6 Å². The fourth-order valence-corrected chi connectivity index (χ4v) is 1.56. The van der Waals surface area contributed by atoms with Crippen molar-refractivity contribution in [1.82, 2.24) is 0 Å². The summed E-state index contributed by atoms with van der Waals surface area (Å²) in [7, 11) is 1.37. The van der Waals surface area contributed by atoms with Gasteiger partial charge in [-0.1, -0.05) is 0 Å². The third-order valence-electron chi connectivity index (χ3n) is 2.62. The Bertz CT molecular complexity index is 505. The largest absolute Gasteiger partial charge is 0.482 e. The number of amides is 1. The highest BCUT2D eigenvalue weighted by molar-refractivity contribution is 5.92. The number of anilines is 1. The predicted molar refractivity (Wildman–Crippen MR) is 71.0 cm³/mol. The normalized spacial score (nSPS) is 12.8. The van der Waals surface area contributed by atoms with Gasteiger partial charge in [0.05, 0.1) is 18.2 Å². The Balaban J connectivity index is 2.79. The molecule has 9 heteroatoms. The van der Waals surface area contributed by atoms with Crippen LogP contribution in [0.3, 0.4) is 0 Å². The molecular weight excluding hydrogens is 308 g/mol. The van der Waals surface area contributed by atoms with E-state index in [0.717, 1.165) is 18.2 Å². The number of hydrogen-bond acceptors (Lipinski definition) is 4. The summed E-state index contributed by atoms with van der Waals surface area (Å²) in [6.07, 6.45) is -5.22. The standard InChI is InChI=1S/C13H16F4N2O3/c1-21-9(6-18)5-12(20)19-10-4-8(14)2-3-11(10)22-7-13(15,16)17/h2-4,9H,5-7,18H2,1H3,(H,19,20). The first-order chi connectivity index (χ1) is 10.2. The van der Waals surface area contributed by atoms with Crippen LogP contribution in [0.4, 0.5) is 23.2 Å². The van der Waals surface area contributed by atoms with Gasteiger partial charge in [0.15, 0.2) is 6.61 Å². The SMILES string of the molecule is COC(CN)CC(=O)Nc1cc(F)ccc1OCC(F)(F)F. The second-order valence-electron chi connectivity index (χ2n) is 4.39. The summed E-state index contributed by atoms with van der Waals surface area (Å²) in [6, 6.07) is 2.81. The Hall–Kier alpha value is -1.87. The summed E-state index contributed by atoms with van der Waals surface area (Å²) >= 11 is 0. The number of alkyl halides is 3. The van der Waals surface area contributed by atoms with Crippen molar-refractivity contribution >= 4 is 11.6 Å². The zero-order valence-corrected chi connectivity index (χ0v) is 11.7. The summed E-state index contributed by atoms with van der Waals surface area (Å²) in [5, 5.41) is 2.28. The quantitative estimate of drug-likeness (QED) is 0.753. The van der Waals surface area contributed by atoms with Gasteiger partial charge in [0, 0.05) is 19.7 Å². The first-order valence-corrected chi connectivity index (χ1v) is 6.27. The molecular formula is C13H16F4N2O3. The lowest BCUT2D eigenvalue weighted by atomic mass is 10.2. The second kappa shape index (κ2) is 7.95. The molecule has 1 unspecified atom stereocenters. The zero-order valence-electron chi connectivity index (χ0n) is 11.7. The molecule has 0 fully saturated rings. The molecule has 0 aliphatic rings. The third kappa shape index (κ3) is 6.27. The number of hydrogen-bond donors (Lipinski definition) is 2. The van der Waals surface area contributed by atoms with Crippen molar-refractivity contribution in [2.45, 2.75) is 18.7 Å². The van der Waals surface area contributed by atoms with E-state index in [1.807, 2.05) is 0 Å². The molecule has 5 nitrogen and oxygen atoms in total. The number of ether oxygens (including phenoxy) is 2. The number of nitrogens with one attached hydrogen (secondary N) is 1. The highest BCUT2D eigenvalue weighted by Gasteiger charge is 2.29. The van der Waals surface area contributed by atoms with Gasteiger partial charge in [-0.2, -0.15) is 13.2 Å². The molecule has 1 rings (SSSR count). The molecule has 0 aliphatic carbocycles. The lowest BCUT2D eigenvalue weighted by Gasteiger charge is -2.16. The Morgan fingerprint density at radius 1 is 1.41 bits per heavy atom. The maximum Gasteiger partial charge on any atom is 0.422 e. The lowest BCUT2D eigenvalue weighted by Crippen LogP contribution is -2.28.